The first-order valence-electron chi connectivity index (χ1n) is 8.92. The van der Waals surface area contributed by atoms with Crippen LogP contribution in [-0.2, 0) is 10.2 Å². The third-order valence-corrected chi connectivity index (χ3v) is 5.40. The molecule has 0 fully saturated rings. The van der Waals surface area contributed by atoms with Crippen molar-refractivity contribution in [3.63, 3.8) is 0 Å². The fraction of sp³-hybridized carbons (Fsp3) is 0.526. The molecule has 7 heteroatoms. The van der Waals surface area contributed by atoms with Gasteiger partial charge in [0.1, 0.15) is 0 Å². The van der Waals surface area contributed by atoms with Gasteiger partial charge in [-0.15, -0.1) is 10.2 Å². The molecule has 2 rings (SSSR count). The van der Waals surface area contributed by atoms with Gasteiger partial charge in [0.15, 0.2) is 5.82 Å². The van der Waals surface area contributed by atoms with Gasteiger partial charge in [-0.1, -0.05) is 58.5 Å². The van der Waals surface area contributed by atoms with E-state index in [4.69, 9.17) is 5.84 Å². The van der Waals surface area contributed by atoms with E-state index in [1.165, 1.54) is 22.0 Å². The van der Waals surface area contributed by atoms with E-state index in [0.717, 1.165) is 12.1 Å². The Labute approximate surface area is 159 Å². The molecule has 0 aliphatic rings. The second kappa shape index (κ2) is 8.12. The van der Waals surface area contributed by atoms with Crippen molar-refractivity contribution in [3.05, 3.63) is 35.7 Å². The van der Waals surface area contributed by atoms with Crippen molar-refractivity contribution in [1.82, 2.24) is 14.9 Å². The number of nitrogens with one attached hydrogen (secondary N) is 1. The van der Waals surface area contributed by atoms with Crippen LogP contribution in [0.15, 0.2) is 29.4 Å². The first-order valence-corrected chi connectivity index (χ1v) is 9.80. The van der Waals surface area contributed by atoms with Gasteiger partial charge in [0, 0.05) is 11.1 Å². The van der Waals surface area contributed by atoms with Crippen molar-refractivity contribution < 1.29 is 4.79 Å². The highest BCUT2D eigenvalue weighted by Crippen LogP contribution is 2.26. The SMILES string of the molecule is CC[C@@H](C)c1ccc(NC(=O)[C@H](C)Sc2nnc(C(C)(C)C)n2N)cc1. The zero-order chi connectivity index (χ0) is 19.5. The number of anilines is 1. The van der Waals surface area contributed by atoms with E-state index >= 15 is 0 Å². The number of hydrogen-bond donors (Lipinski definition) is 2. The lowest BCUT2D eigenvalue weighted by atomic mass is 9.96. The molecule has 0 saturated carbocycles. The van der Waals surface area contributed by atoms with E-state index in [0.29, 0.717) is 16.9 Å². The van der Waals surface area contributed by atoms with Crippen LogP contribution in [0.4, 0.5) is 5.69 Å². The molecule has 26 heavy (non-hydrogen) atoms. The molecule has 142 valence electrons. The Hall–Kier alpha value is -2.02. The Balaban J connectivity index is 2.01. The van der Waals surface area contributed by atoms with Gasteiger partial charge in [-0.3, -0.25) is 4.79 Å². The molecule has 2 atom stereocenters. The summed E-state index contributed by atoms with van der Waals surface area (Å²) in [4.78, 5) is 12.5. The molecule has 0 aliphatic heterocycles. The van der Waals surface area contributed by atoms with Gasteiger partial charge in [-0.2, -0.15) is 0 Å². The fourth-order valence-corrected chi connectivity index (χ4v) is 3.23. The zero-order valence-electron chi connectivity index (χ0n) is 16.4. The fourth-order valence-electron chi connectivity index (χ4n) is 2.46. The summed E-state index contributed by atoms with van der Waals surface area (Å²) in [7, 11) is 0. The lowest BCUT2D eigenvalue weighted by Crippen LogP contribution is -2.26. The van der Waals surface area contributed by atoms with Crippen molar-refractivity contribution in [2.75, 3.05) is 11.2 Å². The van der Waals surface area contributed by atoms with Crippen LogP contribution in [0.2, 0.25) is 0 Å². The van der Waals surface area contributed by atoms with E-state index in [1.807, 2.05) is 39.8 Å². The van der Waals surface area contributed by atoms with Gasteiger partial charge in [0.2, 0.25) is 11.1 Å². The number of nitrogens with two attached hydrogens (primary N) is 1. The monoisotopic (exact) mass is 375 g/mol. The van der Waals surface area contributed by atoms with Crippen molar-refractivity contribution in [2.24, 2.45) is 0 Å². The Morgan fingerprint density at radius 1 is 1.23 bits per heavy atom. The number of carbonyl (C=O) groups is 1. The molecule has 0 aliphatic carbocycles. The average molecular weight is 376 g/mol. The molecule has 1 heterocycles. The number of aromatic nitrogens is 3. The standard InChI is InChI=1S/C19H29N5OS/c1-7-12(2)14-8-10-15(11-9-14)21-16(25)13(3)26-18-23-22-17(24(18)20)19(4,5)6/h8-13H,7,20H2,1-6H3,(H,21,25)/t12-,13+/m1/s1. The van der Waals surface area contributed by atoms with Crippen molar-refractivity contribution in [1.29, 1.82) is 0 Å². The number of nitrogens with zero attached hydrogens (tertiary/aromatic N) is 3. The first-order chi connectivity index (χ1) is 12.1. The summed E-state index contributed by atoms with van der Waals surface area (Å²) >= 11 is 1.30. The van der Waals surface area contributed by atoms with E-state index in [-0.39, 0.29) is 16.6 Å². The van der Waals surface area contributed by atoms with Crippen LogP contribution >= 0.6 is 11.8 Å². The summed E-state index contributed by atoms with van der Waals surface area (Å²) in [5.74, 6) is 7.20. The quantitative estimate of drug-likeness (QED) is 0.590. The predicted molar refractivity (Wildman–Crippen MR) is 108 cm³/mol. The third-order valence-electron chi connectivity index (χ3n) is 4.35. The summed E-state index contributed by atoms with van der Waals surface area (Å²) in [6, 6.07) is 8.02. The summed E-state index contributed by atoms with van der Waals surface area (Å²) in [5.41, 5.74) is 1.86. The van der Waals surface area contributed by atoms with Gasteiger partial charge >= 0.3 is 0 Å². The molecule has 6 nitrogen and oxygen atoms in total. The summed E-state index contributed by atoms with van der Waals surface area (Å²) < 4.78 is 1.47. The minimum absolute atomic E-state index is 0.0911. The minimum Gasteiger partial charge on any atom is -0.336 e. The third kappa shape index (κ3) is 4.78. The number of hydrogen-bond acceptors (Lipinski definition) is 5. The Morgan fingerprint density at radius 2 is 1.85 bits per heavy atom. The van der Waals surface area contributed by atoms with Crippen LogP contribution in [0.5, 0.6) is 0 Å². The van der Waals surface area contributed by atoms with Gasteiger partial charge < -0.3 is 11.2 Å². The molecule has 0 unspecified atom stereocenters. The lowest BCUT2D eigenvalue weighted by molar-refractivity contribution is -0.115. The van der Waals surface area contributed by atoms with E-state index in [9.17, 15) is 4.79 Å². The second-order valence-corrected chi connectivity index (χ2v) is 8.91. The molecule has 0 radical (unpaired) electrons. The molecule has 0 spiro atoms. The summed E-state index contributed by atoms with van der Waals surface area (Å²) in [6.45, 7) is 12.3. The maximum Gasteiger partial charge on any atom is 0.237 e. The largest absolute Gasteiger partial charge is 0.336 e. The number of thioether (sulfide) groups is 1. The van der Waals surface area contributed by atoms with Crippen molar-refractivity contribution in [2.45, 2.75) is 69.7 Å². The minimum atomic E-state index is -0.344. The van der Waals surface area contributed by atoms with E-state index in [1.54, 1.807) is 0 Å². The van der Waals surface area contributed by atoms with E-state index in [2.05, 4.69) is 41.5 Å². The number of amides is 1. The topological polar surface area (TPSA) is 85.8 Å². The van der Waals surface area contributed by atoms with Gasteiger partial charge in [-0.05, 0) is 37.0 Å². The molecular formula is C19H29N5OS. The van der Waals surface area contributed by atoms with E-state index < -0.39 is 0 Å². The first kappa shape index (κ1) is 20.3. The predicted octanol–water partition coefficient (Wildman–Crippen LogP) is 3.92. The van der Waals surface area contributed by atoms with Gasteiger partial charge in [-0.25, -0.2) is 4.68 Å². The van der Waals surface area contributed by atoms with Crippen molar-refractivity contribution in [3.8, 4) is 0 Å². The molecule has 0 saturated heterocycles. The number of benzene rings is 1. The second-order valence-electron chi connectivity index (χ2n) is 7.61. The zero-order valence-corrected chi connectivity index (χ0v) is 17.2. The molecule has 2 aromatic rings. The molecular weight excluding hydrogens is 346 g/mol. The van der Waals surface area contributed by atoms with Gasteiger partial charge in [0.25, 0.3) is 0 Å². The Kier molecular flexibility index (Phi) is 6.34. The van der Waals surface area contributed by atoms with Crippen LogP contribution < -0.4 is 11.2 Å². The smallest absolute Gasteiger partial charge is 0.237 e. The lowest BCUT2D eigenvalue weighted by Gasteiger charge is -2.17. The van der Waals surface area contributed by atoms with Crippen LogP contribution in [0.25, 0.3) is 0 Å². The highest BCUT2D eigenvalue weighted by Gasteiger charge is 2.25. The van der Waals surface area contributed by atoms with Crippen LogP contribution in [0.1, 0.15) is 65.3 Å². The van der Waals surface area contributed by atoms with Crippen LogP contribution in [0, 0.1) is 0 Å². The normalized spacial score (nSPS) is 14.1. The maximum atomic E-state index is 12.5. The Bertz CT molecular complexity index is 748. The maximum absolute atomic E-state index is 12.5. The molecule has 1 amide bonds. The molecule has 1 aromatic heterocycles. The Morgan fingerprint density at radius 3 is 2.35 bits per heavy atom. The number of nitrogen functional groups attached to an aromatic ring is 1. The van der Waals surface area contributed by atoms with Crippen molar-refractivity contribution >= 4 is 23.4 Å². The molecule has 0 bridgehead atoms. The average Bonchev–Trinajstić information content (AvgIpc) is 2.95. The highest BCUT2D eigenvalue weighted by atomic mass is 32.2. The number of carbonyl (C=O) groups excluding carboxylic acids is 1. The number of rotatable bonds is 6. The van der Waals surface area contributed by atoms with Gasteiger partial charge in [0.05, 0.1) is 5.25 Å². The van der Waals surface area contributed by atoms with Crippen LogP contribution in [0.3, 0.4) is 0 Å². The molecule has 3 N–H and O–H groups in total. The highest BCUT2D eigenvalue weighted by molar-refractivity contribution is 8.00. The summed E-state index contributed by atoms with van der Waals surface area (Å²) in [5, 5.41) is 11.4. The van der Waals surface area contributed by atoms with Crippen LogP contribution in [-0.4, -0.2) is 26.0 Å². The summed E-state index contributed by atoms with van der Waals surface area (Å²) in [6.07, 6.45) is 1.09. The molecule has 1 aromatic carbocycles.